The molecule has 1 fully saturated rings. The quantitative estimate of drug-likeness (QED) is 0.786. The summed E-state index contributed by atoms with van der Waals surface area (Å²) in [6.07, 6.45) is 6.19. The molecule has 0 saturated heterocycles. The topological polar surface area (TPSA) is 58.6 Å². The second kappa shape index (κ2) is 7.29. The van der Waals surface area contributed by atoms with Gasteiger partial charge in [0.1, 0.15) is 5.75 Å². The first kappa shape index (κ1) is 14.9. The Morgan fingerprint density at radius 1 is 1.40 bits per heavy atom. The Balaban J connectivity index is 1.66. The van der Waals surface area contributed by atoms with Crippen molar-refractivity contribution in [2.24, 2.45) is 0 Å². The Morgan fingerprint density at radius 2 is 2.15 bits per heavy atom. The lowest BCUT2D eigenvalue weighted by molar-refractivity contribution is 0.0565. The van der Waals surface area contributed by atoms with Crippen molar-refractivity contribution in [1.82, 2.24) is 5.32 Å². The summed E-state index contributed by atoms with van der Waals surface area (Å²) in [6.45, 7) is 3.14. The molecule has 4 heteroatoms. The molecule has 2 rings (SSSR count). The van der Waals surface area contributed by atoms with Crippen LogP contribution >= 0.6 is 0 Å². The van der Waals surface area contributed by atoms with Crippen LogP contribution in [-0.4, -0.2) is 30.3 Å². The fourth-order valence-corrected chi connectivity index (χ4v) is 2.58. The van der Waals surface area contributed by atoms with Crippen molar-refractivity contribution in [3.8, 4) is 5.75 Å². The van der Waals surface area contributed by atoms with Crippen molar-refractivity contribution in [1.29, 1.82) is 0 Å². The van der Waals surface area contributed by atoms with Gasteiger partial charge in [-0.3, -0.25) is 4.79 Å². The van der Waals surface area contributed by atoms with Crippen LogP contribution in [0.25, 0.3) is 0 Å². The lowest BCUT2D eigenvalue weighted by Crippen LogP contribution is -2.26. The second-order valence-corrected chi connectivity index (χ2v) is 5.39. The van der Waals surface area contributed by atoms with Crippen LogP contribution in [0.5, 0.6) is 5.75 Å². The van der Waals surface area contributed by atoms with E-state index < -0.39 is 0 Å². The minimum absolute atomic E-state index is 0.0941. The second-order valence-electron chi connectivity index (χ2n) is 5.39. The molecule has 1 aliphatic carbocycles. The number of carbonyl (C=O) groups is 1. The van der Waals surface area contributed by atoms with Gasteiger partial charge in [0.2, 0.25) is 0 Å². The summed E-state index contributed by atoms with van der Waals surface area (Å²) >= 11 is 0. The van der Waals surface area contributed by atoms with E-state index in [-0.39, 0.29) is 11.7 Å². The Labute approximate surface area is 120 Å². The fourth-order valence-electron chi connectivity index (χ4n) is 2.58. The van der Waals surface area contributed by atoms with E-state index in [9.17, 15) is 9.90 Å². The summed E-state index contributed by atoms with van der Waals surface area (Å²) in [7, 11) is 0. The molecule has 0 aliphatic heterocycles. The third-order valence-electron chi connectivity index (χ3n) is 3.72. The minimum atomic E-state index is -0.0941. The summed E-state index contributed by atoms with van der Waals surface area (Å²) in [4.78, 5) is 12.0. The molecule has 1 amide bonds. The zero-order chi connectivity index (χ0) is 14.4. The molecular formula is C16H23NO3. The molecule has 0 bridgehead atoms. The summed E-state index contributed by atoms with van der Waals surface area (Å²) in [5, 5.41) is 12.2. The third-order valence-corrected chi connectivity index (χ3v) is 3.72. The van der Waals surface area contributed by atoms with E-state index in [0.717, 1.165) is 12.0 Å². The predicted molar refractivity (Wildman–Crippen MR) is 78.0 cm³/mol. The lowest BCUT2D eigenvalue weighted by Gasteiger charge is -2.11. The SMILES string of the molecule is Cc1cc(O)ccc1C(=O)NCCCOC1CCCC1. The van der Waals surface area contributed by atoms with Gasteiger partial charge in [0.05, 0.1) is 6.10 Å². The molecule has 2 N–H and O–H groups in total. The van der Waals surface area contributed by atoms with Gasteiger partial charge in [0.25, 0.3) is 5.91 Å². The fraction of sp³-hybridized carbons (Fsp3) is 0.562. The number of phenols is 1. The largest absolute Gasteiger partial charge is 0.508 e. The maximum Gasteiger partial charge on any atom is 0.251 e. The maximum atomic E-state index is 12.0. The molecule has 1 aromatic carbocycles. The monoisotopic (exact) mass is 277 g/mol. The first-order valence-electron chi connectivity index (χ1n) is 7.36. The van der Waals surface area contributed by atoms with Gasteiger partial charge >= 0.3 is 0 Å². The van der Waals surface area contributed by atoms with Crippen molar-refractivity contribution in [2.75, 3.05) is 13.2 Å². The highest BCUT2D eigenvalue weighted by Crippen LogP contribution is 2.20. The summed E-state index contributed by atoms with van der Waals surface area (Å²) in [6, 6.07) is 4.78. The average molecular weight is 277 g/mol. The number of amides is 1. The van der Waals surface area contributed by atoms with Crippen molar-refractivity contribution >= 4 is 5.91 Å². The number of hydrogen-bond acceptors (Lipinski definition) is 3. The highest BCUT2D eigenvalue weighted by Gasteiger charge is 2.14. The highest BCUT2D eigenvalue weighted by molar-refractivity contribution is 5.95. The van der Waals surface area contributed by atoms with Gasteiger partial charge in [-0.15, -0.1) is 0 Å². The highest BCUT2D eigenvalue weighted by atomic mass is 16.5. The van der Waals surface area contributed by atoms with Crippen molar-refractivity contribution in [2.45, 2.75) is 45.1 Å². The molecule has 20 heavy (non-hydrogen) atoms. The Morgan fingerprint density at radius 3 is 2.85 bits per heavy atom. The maximum absolute atomic E-state index is 12.0. The average Bonchev–Trinajstić information content (AvgIpc) is 2.91. The molecule has 1 aromatic rings. The smallest absolute Gasteiger partial charge is 0.251 e. The van der Waals surface area contributed by atoms with Gasteiger partial charge < -0.3 is 15.2 Å². The summed E-state index contributed by atoms with van der Waals surface area (Å²) in [5.74, 6) is 0.0902. The van der Waals surface area contributed by atoms with E-state index in [4.69, 9.17) is 4.74 Å². The first-order chi connectivity index (χ1) is 9.66. The van der Waals surface area contributed by atoms with Crippen LogP contribution in [-0.2, 0) is 4.74 Å². The lowest BCUT2D eigenvalue weighted by atomic mass is 10.1. The molecule has 0 unspecified atom stereocenters. The van der Waals surface area contributed by atoms with E-state index in [1.165, 1.54) is 31.7 Å². The van der Waals surface area contributed by atoms with Crippen LogP contribution in [0.3, 0.4) is 0 Å². The number of ether oxygens (including phenoxy) is 1. The van der Waals surface area contributed by atoms with Crippen LogP contribution in [0, 0.1) is 6.92 Å². The van der Waals surface area contributed by atoms with Gasteiger partial charge in [-0.05, 0) is 49.9 Å². The number of carbonyl (C=O) groups excluding carboxylic acids is 1. The number of rotatable bonds is 6. The standard InChI is InChI=1S/C16H23NO3/c1-12-11-13(18)7-8-15(12)16(19)17-9-4-10-20-14-5-2-3-6-14/h7-8,11,14,18H,2-6,9-10H2,1H3,(H,17,19). The van der Waals surface area contributed by atoms with Gasteiger partial charge in [0, 0.05) is 18.7 Å². The molecule has 110 valence electrons. The molecule has 0 heterocycles. The number of aromatic hydroxyl groups is 1. The van der Waals surface area contributed by atoms with E-state index in [0.29, 0.717) is 24.8 Å². The van der Waals surface area contributed by atoms with Crippen LogP contribution < -0.4 is 5.32 Å². The zero-order valence-electron chi connectivity index (χ0n) is 12.0. The van der Waals surface area contributed by atoms with Crippen molar-refractivity contribution in [3.05, 3.63) is 29.3 Å². The van der Waals surface area contributed by atoms with Gasteiger partial charge in [-0.2, -0.15) is 0 Å². The molecule has 0 atom stereocenters. The van der Waals surface area contributed by atoms with Gasteiger partial charge in [0.15, 0.2) is 0 Å². The van der Waals surface area contributed by atoms with Gasteiger partial charge in [-0.1, -0.05) is 12.8 Å². The van der Waals surface area contributed by atoms with Crippen LogP contribution in [0.1, 0.15) is 48.0 Å². The molecule has 1 saturated carbocycles. The first-order valence-corrected chi connectivity index (χ1v) is 7.36. The van der Waals surface area contributed by atoms with Crippen LogP contribution in [0.4, 0.5) is 0 Å². The number of hydrogen-bond donors (Lipinski definition) is 2. The number of benzene rings is 1. The zero-order valence-corrected chi connectivity index (χ0v) is 12.0. The molecule has 1 aliphatic rings. The van der Waals surface area contributed by atoms with E-state index in [2.05, 4.69) is 5.32 Å². The Bertz CT molecular complexity index is 453. The van der Waals surface area contributed by atoms with Gasteiger partial charge in [-0.25, -0.2) is 0 Å². The molecule has 0 aromatic heterocycles. The number of aryl methyl sites for hydroxylation is 1. The summed E-state index contributed by atoms with van der Waals surface area (Å²) in [5.41, 5.74) is 1.39. The summed E-state index contributed by atoms with van der Waals surface area (Å²) < 4.78 is 5.75. The number of phenolic OH excluding ortho intramolecular Hbond substituents is 1. The minimum Gasteiger partial charge on any atom is -0.508 e. The third kappa shape index (κ3) is 4.23. The predicted octanol–water partition coefficient (Wildman–Crippen LogP) is 2.78. The normalized spacial score (nSPS) is 15.4. The van der Waals surface area contributed by atoms with Crippen molar-refractivity contribution < 1.29 is 14.6 Å². The van der Waals surface area contributed by atoms with Crippen molar-refractivity contribution in [3.63, 3.8) is 0 Å². The van der Waals surface area contributed by atoms with Crippen LogP contribution in [0.15, 0.2) is 18.2 Å². The Hall–Kier alpha value is -1.55. The molecule has 4 nitrogen and oxygen atoms in total. The van der Waals surface area contributed by atoms with E-state index in [1.54, 1.807) is 12.1 Å². The van der Waals surface area contributed by atoms with E-state index in [1.807, 2.05) is 6.92 Å². The molecule has 0 radical (unpaired) electrons. The Kier molecular flexibility index (Phi) is 5.41. The van der Waals surface area contributed by atoms with Crippen LogP contribution in [0.2, 0.25) is 0 Å². The van der Waals surface area contributed by atoms with E-state index >= 15 is 0 Å². The molecular weight excluding hydrogens is 254 g/mol. The number of nitrogens with one attached hydrogen (secondary N) is 1. The molecule has 0 spiro atoms.